The van der Waals surface area contributed by atoms with Crippen molar-refractivity contribution in [3.05, 3.63) is 70.8 Å². The molecule has 0 radical (unpaired) electrons. The Morgan fingerprint density at radius 2 is 1.96 bits per heavy atom. The summed E-state index contributed by atoms with van der Waals surface area (Å²) in [4.78, 5) is 17.0. The number of oxazole rings is 1. The van der Waals surface area contributed by atoms with Gasteiger partial charge in [0.1, 0.15) is 11.6 Å². The molecule has 0 saturated heterocycles. The van der Waals surface area contributed by atoms with E-state index >= 15 is 0 Å². The van der Waals surface area contributed by atoms with E-state index in [1.807, 2.05) is 30.3 Å². The summed E-state index contributed by atoms with van der Waals surface area (Å²) in [6.45, 7) is 4.16. The first kappa shape index (κ1) is 19.1. The highest BCUT2D eigenvalue weighted by atomic mass is 35.5. The predicted octanol–water partition coefficient (Wildman–Crippen LogP) is 5.51. The van der Waals surface area contributed by atoms with Crippen LogP contribution in [0.1, 0.15) is 25.3 Å². The van der Waals surface area contributed by atoms with Crippen LogP contribution < -0.4 is 5.32 Å². The van der Waals surface area contributed by atoms with Gasteiger partial charge in [-0.3, -0.25) is 4.79 Å². The third kappa shape index (κ3) is 4.95. The number of halogens is 2. The van der Waals surface area contributed by atoms with E-state index in [2.05, 4.69) is 24.1 Å². The zero-order valence-electron chi connectivity index (χ0n) is 15.1. The first-order chi connectivity index (χ1) is 12.9. The Morgan fingerprint density at radius 3 is 2.63 bits per heavy atom. The molecule has 2 aromatic carbocycles. The Labute approximate surface area is 162 Å². The van der Waals surface area contributed by atoms with Gasteiger partial charge in [-0.2, -0.15) is 0 Å². The van der Waals surface area contributed by atoms with Crippen LogP contribution in [0, 0.1) is 11.7 Å². The van der Waals surface area contributed by atoms with Gasteiger partial charge in [-0.05, 0) is 42.7 Å². The predicted molar refractivity (Wildman–Crippen MR) is 104 cm³/mol. The molecule has 27 heavy (non-hydrogen) atoms. The fraction of sp³-hybridized carbons (Fsp3) is 0.238. The van der Waals surface area contributed by atoms with Crippen molar-refractivity contribution in [2.45, 2.75) is 26.7 Å². The Balaban J connectivity index is 1.81. The van der Waals surface area contributed by atoms with E-state index < -0.39 is 5.82 Å². The lowest BCUT2D eigenvalue weighted by molar-refractivity contribution is -0.115. The van der Waals surface area contributed by atoms with Crippen molar-refractivity contribution in [2.24, 2.45) is 5.92 Å². The van der Waals surface area contributed by atoms with Gasteiger partial charge in [0.15, 0.2) is 0 Å². The van der Waals surface area contributed by atoms with Gasteiger partial charge in [0.25, 0.3) is 0 Å². The van der Waals surface area contributed by atoms with Crippen molar-refractivity contribution in [3.8, 4) is 11.5 Å². The summed E-state index contributed by atoms with van der Waals surface area (Å²) in [7, 11) is 0. The smallest absolute Gasteiger partial charge is 0.232 e. The molecule has 0 aliphatic carbocycles. The van der Waals surface area contributed by atoms with Gasteiger partial charge in [0.05, 0.1) is 22.8 Å². The summed E-state index contributed by atoms with van der Waals surface area (Å²) in [5.41, 5.74) is 1.98. The highest BCUT2D eigenvalue weighted by Gasteiger charge is 2.19. The van der Waals surface area contributed by atoms with Gasteiger partial charge in [0, 0.05) is 5.56 Å². The van der Waals surface area contributed by atoms with Crippen LogP contribution in [0.3, 0.4) is 0 Å². The first-order valence-corrected chi connectivity index (χ1v) is 9.09. The third-order valence-corrected chi connectivity index (χ3v) is 4.24. The second kappa shape index (κ2) is 8.35. The van der Waals surface area contributed by atoms with Crippen LogP contribution in [0.5, 0.6) is 0 Å². The SMILES string of the molecule is CC(C)Cc1nc(-c2ccccc2)oc1CC(=O)Nc1ccc(F)cc1Cl. The Hall–Kier alpha value is -2.66. The van der Waals surface area contributed by atoms with Crippen LogP contribution in [0.25, 0.3) is 11.5 Å². The van der Waals surface area contributed by atoms with E-state index in [-0.39, 0.29) is 17.4 Å². The monoisotopic (exact) mass is 386 g/mol. The number of benzene rings is 2. The minimum atomic E-state index is -0.458. The lowest BCUT2D eigenvalue weighted by Crippen LogP contribution is -2.15. The minimum absolute atomic E-state index is 0.0234. The molecule has 0 aliphatic heterocycles. The number of nitrogens with zero attached hydrogens (tertiary/aromatic N) is 1. The second-order valence-electron chi connectivity index (χ2n) is 6.70. The molecule has 140 valence electrons. The molecule has 0 bridgehead atoms. The molecule has 0 spiro atoms. The van der Waals surface area contributed by atoms with E-state index in [0.29, 0.717) is 29.7 Å². The molecule has 1 heterocycles. The number of anilines is 1. The molecule has 1 amide bonds. The lowest BCUT2D eigenvalue weighted by atomic mass is 10.1. The van der Waals surface area contributed by atoms with Gasteiger partial charge >= 0.3 is 0 Å². The zero-order valence-corrected chi connectivity index (χ0v) is 15.9. The van der Waals surface area contributed by atoms with Gasteiger partial charge in [-0.1, -0.05) is 43.6 Å². The third-order valence-electron chi connectivity index (χ3n) is 3.93. The first-order valence-electron chi connectivity index (χ1n) is 8.71. The number of carbonyl (C=O) groups excluding carboxylic acids is 1. The molecule has 3 rings (SSSR count). The summed E-state index contributed by atoms with van der Waals surface area (Å²) in [6, 6.07) is 13.4. The normalized spacial score (nSPS) is 11.0. The highest BCUT2D eigenvalue weighted by Crippen LogP contribution is 2.26. The molecule has 0 aliphatic rings. The lowest BCUT2D eigenvalue weighted by Gasteiger charge is -2.07. The maximum atomic E-state index is 13.1. The fourth-order valence-corrected chi connectivity index (χ4v) is 2.92. The van der Waals surface area contributed by atoms with Crippen LogP contribution in [0.15, 0.2) is 52.9 Å². The maximum absolute atomic E-state index is 13.1. The number of amides is 1. The van der Waals surface area contributed by atoms with Crippen LogP contribution in [-0.4, -0.2) is 10.9 Å². The molecule has 3 aromatic rings. The van der Waals surface area contributed by atoms with Crippen LogP contribution in [-0.2, 0) is 17.6 Å². The Bertz CT molecular complexity index is 939. The van der Waals surface area contributed by atoms with Crippen LogP contribution >= 0.6 is 11.6 Å². The summed E-state index contributed by atoms with van der Waals surface area (Å²) >= 11 is 5.97. The minimum Gasteiger partial charge on any atom is -0.440 e. The molecule has 0 atom stereocenters. The van der Waals surface area contributed by atoms with E-state index in [0.717, 1.165) is 17.3 Å². The van der Waals surface area contributed by atoms with Gasteiger partial charge in [0.2, 0.25) is 11.8 Å². The summed E-state index contributed by atoms with van der Waals surface area (Å²) < 4.78 is 19.0. The Kier molecular flexibility index (Phi) is 5.91. The van der Waals surface area contributed by atoms with Crippen LogP contribution in [0.2, 0.25) is 5.02 Å². The summed E-state index contributed by atoms with van der Waals surface area (Å²) in [5, 5.41) is 2.84. The van der Waals surface area contributed by atoms with Crippen molar-refractivity contribution >= 4 is 23.2 Å². The van der Waals surface area contributed by atoms with Crippen molar-refractivity contribution < 1.29 is 13.6 Å². The highest BCUT2D eigenvalue weighted by molar-refractivity contribution is 6.33. The summed E-state index contributed by atoms with van der Waals surface area (Å²) in [6.07, 6.45) is 0.728. The topological polar surface area (TPSA) is 55.1 Å². The molecule has 1 aromatic heterocycles. The molecule has 0 saturated carbocycles. The number of carbonyl (C=O) groups is 1. The van der Waals surface area contributed by atoms with E-state index in [1.54, 1.807) is 0 Å². The van der Waals surface area contributed by atoms with E-state index in [1.165, 1.54) is 12.1 Å². The number of nitrogens with one attached hydrogen (secondary N) is 1. The molecule has 0 unspecified atom stereocenters. The second-order valence-corrected chi connectivity index (χ2v) is 7.11. The maximum Gasteiger partial charge on any atom is 0.232 e. The van der Waals surface area contributed by atoms with Crippen molar-refractivity contribution in [1.29, 1.82) is 0 Å². The number of rotatable bonds is 6. The van der Waals surface area contributed by atoms with Gasteiger partial charge in [-0.25, -0.2) is 9.37 Å². The van der Waals surface area contributed by atoms with Crippen molar-refractivity contribution in [2.75, 3.05) is 5.32 Å². The van der Waals surface area contributed by atoms with Gasteiger partial charge < -0.3 is 9.73 Å². The molecular weight excluding hydrogens is 367 g/mol. The molecule has 0 fully saturated rings. The molecule has 1 N–H and O–H groups in total. The average Bonchev–Trinajstić information content (AvgIpc) is 3.00. The van der Waals surface area contributed by atoms with Crippen molar-refractivity contribution in [3.63, 3.8) is 0 Å². The van der Waals surface area contributed by atoms with E-state index in [9.17, 15) is 9.18 Å². The number of hydrogen-bond donors (Lipinski definition) is 1. The summed E-state index contributed by atoms with van der Waals surface area (Å²) in [5.74, 6) is 0.628. The average molecular weight is 387 g/mol. The van der Waals surface area contributed by atoms with Gasteiger partial charge in [-0.15, -0.1) is 0 Å². The molecular formula is C21H20ClFN2O2. The standard InChI is InChI=1S/C21H20ClFN2O2/c1-13(2)10-18-19(27-21(25-18)14-6-4-3-5-7-14)12-20(26)24-17-9-8-15(23)11-16(17)22/h3-9,11,13H,10,12H2,1-2H3,(H,24,26). The quantitative estimate of drug-likeness (QED) is 0.607. The zero-order chi connectivity index (χ0) is 19.4. The van der Waals surface area contributed by atoms with E-state index in [4.69, 9.17) is 16.0 Å². The Morgan fingerprint density at radius 1 is 1.22 bits per heavy atom. The molecule has 6 heteroatoms. The fourth-order valence-electron chi connectivity index (χ4n) is 2.70. The number of hydrogen-bond acceptors (Lipinski definition) is 3. The number of aromatic nitrogens is 1. The van der Waals surface area contributed by atoms with Crippen LogP contribution in [0.4, 0.5) is 10.1 Å². The molecule has 4 nitrogen and oxygen atoms in total. The van der Waals surface area contributed by atoms with Crippen molar-refractivity contribution in [1.82, 2.24) is 4.98 Å². The largest absolute Gasteiger partial charge is 0.440 e.